The van der Waals surface area contributed by atoms with Crippen molar-refractivity contribution in [3.8, 4) is 0 Å². The van der Waals surface area contributed by atoms with Crippen LogP contribution in [0.1, 0.15) is 5.56 Å². The molecule has 1 aliphatic rings. The summed E-state index contributed by atoms with van der Waals surface area (Å²) in [6.07, 6.45) is 1.56. The van der Waals surface area contributed by atoms with Crippen LogP contribution in [0.4, 0.5) is 17.3 Å². The Labute approximate surface area is 138 Å². The van der Waals surface area contributed by atoms with Crippen LogP contribution in [0.25, 0.3) is 0 Å². The fourth-order valence-electron chi connectivity index (χ4n) is 2.34. The Bertz CT molecular complexity index is 674. The van der Waals surface area contributed by atoms with Gasteiger partial charge in [-0.15, -0.1) is 0 Å². The molecule has 0 atom stereocenters. The van der Waals surface area contributed by atoms with Gasteiger partial charge in [0.15, 0.2) is 0 Å². The topological polar surface area (TPSA) is 84.2 Å². The zero-order valence-electron chi connectivity index (χ0n) is 12.5. The van der Waals surface area contributed by atoms with Crippen LogP contribution in [0.2, 0.25) is 0 Å². The van der Waals surface area contributed by atoms with Crippen molar-refractivity contribution in [3.05, 3.63) is 52.3 Å². The highest BCUT2D eigenvalue weighted by molar-refractivity contribution is 7.99. The minimum atomic E-state index is -0.398. The average molecular weight is 331 g/mol. The highest BCUT2D eigenvalue weighted by Gasteiger charge is 2.13. The molecule has 0 amide bonds. The Morgan fingerprint density at radius 1 is 1.22 bits per heavy atom. The smallest absolute Gasteiger partial charge is 0.269 e. The predicted octanol–water partition coefficient (Wildman–Crippen LogP) is 2.55. The van der Waals surface area contributed by atoms with Crippen LogP contribution in [-0.4, -0.2) is 39.5 Å². The predicted molar refractivity (Wildman–Crippen MR) is 92.0 cm³/mol. The SMILES string of the molecule is O=[N+]([O-])c1ccc(CNc2cc(N3CCSCC3)ncn2)cc1. The molecule has 7 nitrogen and oxygen atoms in total. The van der Waals surface area contributed by atoms with Crippen molar-refractivity contribution >= 4 is 29.1 Å². The summed E-state index contributed by atoms with van der Waals surface area (Å²) in [6.45, 7) is 2.57. The summed E-state index contributed by atoms with van der Waals surface area (Å²) in [4.78, 5) is 21.1. The van der Waals surface area contributed by atoms with Crippen molar-refractivity contribution in [2.45, 2.75) is 6.54 Å². The number of rotatable bonds is 5. The first-order valence-electron chi connectivity index (χ1n) is 7.34. The van der Waals surface area contributed by atoms with E-state index in [1.807, 2.05) is 17.8 Å². The first-order chi connectivity index (χ1) is 11.2. The average Bonchev–Trinajstić information content (AvgIpc) is 2.61. The molecule has 1 aliphatic heterocycles. The molecule has 120 valence electrons. The molecule has 0 unspecified atom stereocenters. The van der Waals surface area contributed by atoms with Crippen molar-refractivity contribution in [1.29, 1.82) is 0 Å². The van der Waals surface area contributed by atoms with E-state index in [0.717, 1.165) is 41.8 Å². The van der Waals surface area contributed by atoms with Crippen molar-refractivity contribution in [1.82, 2.24) is 9.97 Å². The highest BCUT2D eigenvalue weighted by Crippen LogP contribution is 2.19. The fraction of sp³-hybridized carbons (Fsp3) is 0.333. The second-order valence-electron chi connectivity index (χ2n) is 5.14. The number of aromatic nitrogens is 2. The largest absolute Gasteiger partial charge is 0.366 e. The zero-order chi connectivity index (χ0) is 16.1. The van der Waals surface area contributed by atoms with Gasteiger partial charge in [0.25, 0.3) is 5.69 Å². The van der Waals surface area contributed by atoms with Crippen molar-refractivity contribution < 1.29 is 4.92 Å². The molecule has 2 aromatic rings. The monoisotopic (exact) mass is 331 g/mol. The molecular formula is C15H17N5O2S. The Morgan fingerprint density at radius 3 is 2.65 bits per heavy atom. The Hall–Kier alpha value is -2.35. The van der Waals surface area contributed by atoms with Gasteiger partial charge in [-0.05, 0) is 5.56 Å². The number of hydrogen-bond donors (Lipinski definition) is 1. The molecule has 0 spiro atoms. The summed E-state index contributed by atoms with van der Waals surface area (Å²) in [7, 11) is 0. The molecule has 1 aromatic heterocycles. The third-order valence-electron chi connectivity index (χ3n) is 3.61. The molecule has 0 radical (unpaired) electrons. The van der Waals surface area contributed by atoms with Gasteiger partial charge in [-0.25, -0.2) is 9.97 Å². The first kappa shape index (κ1) is 15.5. The summed E-state index contributed by atoms with van der Waals surface area (Å²) in [5, 5.41) is 13.9. The number of nitrogens with zero attached hydrogens (tertiary/aromatic N) is 4. The number of thioether (sulfide) groups is 1. The second-order valence-corrected chi connectivity index (χ2v) is 6.36. The highest BCUT2D eigenvalue weighted by atomic mass is 32.2. The van der Waals surface area contributed by atoms with E-state index in [4.69, 9.17) is 0 Å². The van der Waals surface area contributed by atoms with E-state index in [9.17, 15) is 10.1 Å². The lowest BCUT2D eigenvalue weighted by atomic mass is 10.2. The summed E-state index contributed by atoms with van der Waals surface area (Å²) < 4.78 is 0. The van der Waals surface area contributed by atoms with Crippen LogP contribution in [0.3, 0.4) is 0 Å². The molecule has 0 bridgehead atoms. The second kappa shape index (κ2) is 7.28. The quantitative estimate of drug-likeness (QED) is 0.666. The van der Waals surface area contributed by atoms with Gasteiger partial charge in [-0.1, -0.05) is 12.1 Å². The lowest BCUT2D eigenvalue weighted by Gasteiger charge is -2.27. The minimum absolute atomic E-state index is 0.0982. The van der Waals surface area contributed by atoms with Gasteiger partial charge >= 0.3 is 0 Å². The van der Waals surface area contributed by atoms with Crippen LogP contribution in [0.5, 0.6) is 0 Å². The molecule has 0 aliphatic carbocycles. The maximum absolute atomic E-state index is 10.6. The third kappa shape index (κ3) is 4.10. The Balaban J connectivity index is 1.62. The van der Waals surface area contributed by atoms with Crippen LogP contribution in [-0.2, 0) is 6.54 Å². The number of benzene rings is 1. The number of nitro benzene ring substituents is 1. The van der Waals surface area contributed by atoms with E-state index in [0.29, 0.717) is 6.54 Å². The third-order valence-corrected chi connectivity index (χ3v) is 4.55. The van der Waals surface area contributed by atoms with Gasteiger partial charge in [-0.3, -0.25) is 10.1 Å². The number of nitro groups is 1. The van der Waals surface area contributed by atoms with E-state index >= 15 is 0 Å². The molecule has 3 rings (SSSR count). The molecule has 23 heavy (non-hydrogen) atoms. The van der Waals surface area contributed by atoms with Gasteiger partial charge in [0.1, 0.15) is 18.0 Å². The van der Waals surface area contributed by atoms with E-state index < -0.39 is 4.92 Å². The van der Waals surface area contributed by atoms with Gasteiger partial charge in [0.2, 0.25) is 0 Å². The molecule has 1 aromatic carbocycles. The van der Waals surface area contributed by atoms with E-state index in [-0.39, 0.29) is 5.69 Å². The fourth-order valence-corrected chi connectivity index (χ4v) is 3.24. The standard InChI is InChI=1S/C15H17N5O2S/c21-20(22)13-3-1-12(2-4-13)10-16-14-9-15(18-11-17-14)19-5-7-23-8-6-19/h1-4,9,11H,5-8,10H2,(H,16,17,18). The Morgan fingerprint density at radius 2 is 1.96 bits per heavy atom. The summed E-state index contributed by atoms with van der Waals surface area (Å²) in [5.41, 5.74) is 1.06. The summed E-state index contributed by atoms with van der Waals surface area (Å²) in [6, 6.07) is 8.45. The molecular weight excluding hydrogens is 314 g/mol. The number of hydrogen-bond acceptors (Lipinski definition) is 7. The van der Waals surface area contributed by atoms with Crippen LogP contribution >= 0.6 is 11.8 Å². The lowest BCUT2D eigenvalue weighted by Crippen LogP contribution is -2.33. The molecule has 8 heteroatoms. The van der Waals surface area contributed by atoms with E-state index in [1.54, 1.807) is 18.5 Å². The van der Waals surface area contributed by atoms with E-state index in [2.05, 4.69) is 20.2 Å². The molecule has 1 fully saturated rings. The van der Waals surface area contributed by atoms with E-state index in [1.165, 1.54) is 12.1 Å². The number of non-ortho nitro benzene ring substituents is 1. The molecule has 1 saturated heterocycles. The minimum Gasteiger partial charge on any atom is -0.366 e. The zero-order valence-corrected chi connectivity index (χ0v) is 13.3. The van der Waals surface area contributed by atoms with Gasteiger partial charge < -0.3 is 10.2 Å². The number of nitrogens with one attached hydrogen (secondary N) is 1. The van der Waals surface area contributed by atoms with Crippen LogP contribution < -0.4 is 10.2 Å². The van der Waals surface area contributed by atoms with Crippen molar-refractivity contribution in [2.75, 3.05) is 34.8 Å². The summed E-state index contributed by atoms with van der Waals surface area (Å²) in [5.74, 6) is 3.93. The van der Waals surface area contributed by atoms with Gasteiger partial charge in [0, 0.05) is 49.3 Å². The normalized spacial score (nSPS) is 14.5. The van der Waals surface area contributed by atoms with Gasteiger partial charge in [-0.2, -0.15) is 11.8 Å². The molecule has 2 heterocycles. The summed E-state index contributed by atoms with van der Waals surface area (Å²) >= 11 is 1.96. The van der Waals surface area contributed by atoms with Crippen molar-refractivity contribution in [3.63, 3.8) is 0 Å². The maximum Gasteiger partial charge on any atom is 0.269 e. The molecule has 0 saturated carbocycles. The molecule has 1 N–H and O–H groups in total. The lowest BCUT2D eigenvalue weighted by molar-refractivity contribution is -0.384. The first-order valence-corrected chi connectivity index (χ1v) is 8.50. The van der Waals surface area contributed by atoms with Crippen LogP contribution in [0, 0.1) is 10.1 Å². The van der Waals surface area contributed by atoms with Crippen molar-refractivity contribution in [2.24, 2.45) is 0 Å². The van der Waals surface area contributed by atoms with Crippen LogP contribution in [0.15, 0.2) is 36.7 Å². The number of anilines is 2. The maximum atomic E-state index is 10.6. The van der Waals surface area contributed by atoms with Gasteiger partial charge in [0.05, 0.1) is 4.92 Å². The Kier molecular flexibility index (Phi) is 4.92.